The minimum Gasteiger partial charge on any atom is -0.383 e. The van der Waals surface area contributed by atoms with Crippen LogP contribution in [0.15, 0.2) is 6.20 Å². The summed E-state index contributed by atoms with van der Waals surface area (Å²) in [6, 6.07) is 2.24. The van der Waals surface area contributed by atoms with Gasteiger partial charge >= 0.3 is 0 Å². The van der Waals surface area contributed by atoms with E-state index in [0.29, 0.717) is 17.3 Å². The summed E-state index contributed by atoms with van der Waals surface area (Å²) >= 11 is 1.59. The van der Waals surface area contributed by atoms with Gasteiger partial charge in [0.1, 0.15) is 17.5 Å². The zero-order valence-electron chi connectivity index (χ0n) is 13.1. The number of aryl methyl sites for hydroxylation is 1. The molecule has 0 saturated heterocycles. The summed E-state index contributed by atoms with van der Waals surface area (Å²) in [6.45, 7) is 2.24. The van der Waals surface area contributed by atoms with Crippen LogP contribution in [0.25, 0.3) is 10.4 Å². The first-order valence-electron chi connectivity index (χ1n) is 7.36. The normalized spacial score (nSPS) is 16.9. The molecule has 2 N–H and O–H groups in total. The molecule has 2 aromatic rings. The highest BCUT2D eigenvalue weighted by atomic mass is 32.1. The van der Waals surface area contributed by atoms with Crippen LogP contribution in [0, 0.1) is 17.2 Å². The summed E-state index contributed by atoms with van der Waals surface area (Å²) in [7, 11) is 3.93. The van der Waals surface area contributed by atoms with E-state index in [4.69, 9.17) is 5.73 Å². The van der Waals surface area contributed by atoms with Crippen molar-refractivity contribution in [3.8, 4) is 16.5 Å². The van der Waals surface area contributed by atoms with Gasteiger partial charge in [0.2, 0.25) is 0 Å². The first-order valence-corrected chi connectivity index (χ1v) is 8.17. The Hall–Kier alpha value is -2.13. The topological polar surface area (TPSA) is 78.8 Å². The van der Waals surface area contributed by atoms with E-state index in [0.717, 1.165) is 40.5 Å². The summed E-state index contributed by atoms with van der Waals surface area (Å²) in [5, 5.41) is 10.5. The van der Waals surface area contributed by atoms with Gasteiger partial charge in [0, 0.05) is 31.5 Å². The number of rotatable bonds is 2. The van der Waals surface area contributed by atoms with Gasteiger partial charge in [-0.05, 0) is 30.7 Å². The molecule has 1 aliphatic rings. The van der Waals surface area contributed by atoms with Crippen molar-refractivity contribution in [3.63, 3.8) is 0 Å². The Morgan fingerprint density at radius 2 is 2.23 bits per heavy atom. The lowest BCUT2D eigenvalue weighted by molar-refractivity contribution is 0.495. The van der Waals surface area contributed by atoms with E-state index in [1.165, 1.54) is 5.56 Å². The molecule has 0 spiro atoms. The largest absolute Gasteiger partial charge is 0.383 e. The predicted octanol–water partition coefficient (Wildman–Crippen LogP) is 2.85. The number of fused-ring (bicyclic) bond motifs is 1. The molecule has 22 heavy (non-hydrogen) atoms. The second kappa shape index (κ2) is 5.58. The number of nitrogens with zero attached hydrogens (tertiary/aromatic N) is 4. The third-order valence-electron chi connectivity index (χ3n) is 4.07. The summed E-state index contributed by atoms with van der Waals surface area (Å²) in [5.41, 5.74) is 9.69. The summed E-state index contributed by atoms with van der Waals surface area (Å²) in [4.78, 5) is 11.9. The molecule has 0 unspecified atom stereocenters. The Balaban J connectivity index is 2.23. The van der Waals surface area contributed by atoms with Crippen LogP contribution in [0.5, 0.6) is 0 Å². The zero-order valence-corrected chi connectivity index (χ0v) is 13.9. The molecule has 0 amide bonds. The fourth-order valence-electron chi connectivity index (χ4n) is 2.92. The van der Waals surface area contributed by atoms with E-state index in [9.17, 15) is 5.26 Å². The number of nitrogen functional groups attached to an aromatic ring is 1. The van der Waals surface area contributed by atoms with Crippen LogP contribution in [0.3, 0.4) is 0 Å². The van der Waals surface area contributed by atoms with Gasteiger partial charge in [-0.3, -0.25) is 0 Å². The van der Waals surface area contributed by atoms with E-state index in [1.807, 2.05) is 25.2 Å². The van der Waals surface area contributed by atoms with Crippen LogP contribution in [0.4, 0.5) is 10.9 Å². The average Bonchev–Trinajstić information content (AvgIpc) is 2.96. The number of anilines is 2. The minimum absolute atomic E-state index is 0.339. The number of hydrogen-bond donors (Lipinski definition) is 1. The van der Waals surface area contributed by atoms with E-state index in [1.54, 1.807) is 11.3 Å². The quantitative estimate of drug-likeness (QED) is 0.922. The maximum atomic E-state index is 9.55. The van der Waals surface area contributed by atoms with Crippen LogP contribution >= 0.6 is 11.3 Å². The fourth-order valence-corrected chi connectivity index (χ4v) is 3.84. The highest BCUT2D eigenvalue weighted by Gasteiger charge is 2.25. The van der Waals surface area contributed by atoms with E-state index >= 15 is 0 Å². The van der Waals surface area contributed by atoms with Crippen molar-refractivity contribution in [2.45, 2.75) is 26.2 Å². The number of nitrogens with two attached hydrogens (primary N) is 1. The van der Waals surface area contributed by atoms with Gasteiger partial charge in [0.05, 0.1) is 4.88 Å². The Morgan fingerprint density at radius 1 is 1.45 bits per heavy atom. The molecular weight excluding hydrogens is 294 g/mol. The highest BCUT2D eigenvalue weighted by Crippen LogP contribution is 2.40. The molecular formula is C16H19N5S. The fraction of sp³-hybridized carbons (Fsp3) is 0.438. The maximum Gasteiger partial charge on any atom is 0.185 e. The molecule has 0 aromatic carbocycles. The van der Waals surface area contributed by atoms with Crippen LogP contribution in [-0.4, -0.2) is 24.1 Å². The van der Waals surface area contributed by atoms with E-state index < -0.39 is 0 Å². The van der Waals surface area contributed by atoms with Gasteiger partial charge < -0.3 is 10.6 Å². The number of pyridine rings is 1. The molecule has 0 bridgehead atoms. The third-order valence-corrected chi connectivity index (χ3v) is 5.26. The van der Waals surface area contributed by atoms with Crippen molar-refractivity contribution in [1.29, 1.82) is 5.26 Å². The van der Waals surface area contributed by atoms with Gasteiger partial charge in [0.15, 0.2) is 5.13 Å². The molecule has 3 rings (SSSR count). The molecule has 5 nitrogen and oxygen atoms in total. The van der Waals surface area contributed by atoms with Gasteiger partial charge in [-0.1, -0.05) is 18.3 Å². The van der Waals surface area contributed by atoms with E-state index in [-0.39, 0.29) is 0 Å². The second-order valence-corrected chi connectivity index (χ2v) is 7.04. The molecule has 0 fully saturated rings. The van der Waals surface area contributed by atoms with Gasteiger partial charge in [-0.2, -0.15) is 5.26 Å². The number of thiazole rings is 1. The first-order chi connectivity index (χ1) is 10.5. The number of hydrogen-bond acceptors (Lipinski definition) is 6. The van der Waals surface area contributed by atoms with E-state index in [2.05, 4.69) is 23.0 Å². The smallest absolute Gasteiger partial charge is 0.185 e. The summed E-state index contributed by atoms with van der Waals surface area (Å²) in [5.74, 6) is 0.940. The Labute approximate surface area is 134 Å². The molecule has 1 atom stereocenters. The van der Waals surface area contributed by atoms with Crippen LogP contribution in [0.2, 0.25) is 0 Å². The highest BCUT2D eigenvalue weighted by molar-refractivity contribution is 7.18. The monoisotopic (exact) mass is 313 g/mol. The van der Waals surface area contributed by atoms with Gasteiger partial charge in [0.25, 0.3) is 0 Å². The van der Waals surface area contributed by atoms with Crippen molar-refractivity contribution >= 4 is 22.3 Å². The average molecular weight is 313 g/mol. The molecule has 114 valence electrons. The lowest BCUT2D eigenvalue weighted by Crippen LogP contribution is -2.16. The maximum absolute atomic E-state index is 9.55. The molecule has 0 radical (unpaired) electrons. The molecule has 0 saturated carbocycles. The SMILES string of the molecule is C[C@H]1CCc2nc(N)c(C#N)c(-c3cnc(N(C)C)s3)c2C1. The number of aromatic nitrogens is 2. The molecule has 6 heteroatoms. The standard InChI is InChI=1S/C16H19N5S/c1-9-4-5-12-10(6-9)14(11(7-17)15(18)20-12)13-8-19-16(22-13)21(2)3/h8-9H,4-6H2,1-3H3,(H2,18,20)/t9-/m0/s1. The van der Waals surface area contributed by atoms with Crippen molar-refractivity contribution in [1.82, 2.24) is 9.97 Å². The molecule has 2 aromatic heterocycles. The third kappa shape index (κ3) is 2.42. The van der Waals surface area contributed by atoms with Crippen molar-refractivity contribution in [2.75, 3.05) is 24.7 Å². The Kier molecular flexibility index (Phi) is 3.75. The summed E-state index contributed by atoms with van der Waals surface area (Å²) in [6.07, 6.45) is 4.84. The summed E-state index contributed by atoms with van der Waals surface area (Å²) < 4.78 is 0. The van der Waals surface area contributed by atoms with Crippen molar-refractivity contribution in [3.05, 3.63) is 23.0 Å². The van der Waals surface area contributed by atoms with Crippen molar-refractivity contribution < 1.29 is 0 Å². The van der Waals surface area contributed by atoms with Crippen molar-refractivity contribution in [2.24, 2.45) is 5.92 Å². The Morgan fingerprint density at radius 3 is 2.86 bits per heavy atom. The molecule has 1 aliphatic carbocycles. The first kappa shape index (κ1) is 14.8. The molecule has 2 heterocycles. The van der Waals surface area contributed by atoms with Crippen LogP contribution in [0.1, 0.15) is 30.2 Å². The minimum atomic E-state index is 0.339. The lowest BCUT2D eigenvalue weighted by atomic mass is 9.84. The zero-order chi connectivity index (χ0) is 15.9. The Bertz CT molecular complexity index is 757. The predicted molar refractivity (Wildman–Crippen MR) is 90.0 cm³/mol. The molecule has 0 aliphatic heterocycles. The second-order valence-electron chi connectivity index (χ2n) is 6.03. The van der Waals surface area contributed by atoms with Crippen LogP contribution in [-0.2, 0) is 12.8 Å². The van der Waals surface area contributed by atoms with Gasteiger partial charge in [-0.25, -0.2) is 9.97 Å². The van der Waals surface area contributed by atoms with Gasteiger partial charge in [-0.15, -0.1) is 0 Å². The van der Waals surface area contributed by atoms with Crippen LogP contribution < -0.4 is 10.6 Å². The number of nitriles is 1. The lowest BCUT2D eigenvalue weighted by Gasteiger charge is -2.24.